The number of guanidine groups is 1. The summed E-state index contributed by atoms with van der Waals surface area (Å²) in [7, 11) is 5.42. The number of likely N-dealkylation sites (N-methyl/N-ethyl adjacent to an activating group) is 1. The number of nitrogens with one attached hydrogen (secondary N) is 1. The highest BCUT2D eigenvalue weighted by molar-refractivity contribution is 5.85. The van der Waals surface area contributed by atoms with E-state index in [2.05, 4.69) is 10.3 Å². The Morgan fingerprint density at radius 3 is 2.79 bits per heavy atom. The van der Waals surface area contributed by atoms with E-state index >= 15 is 0 Å². The van der Waals surface area contributed by atoms with Crippen molar-refractivity contribution in [2.75, 3.05) is 40.8 Å². The third kappa shape index (κ3) is 5.48. The average molecular weight is 386 g/mol. The summed E-state index contributed by atoms with van der Waals surface area (Å²) in [5.74, 6) is 1.49. The molecule has 0 saturated carbocycles. The molecule has 1 aromatic carbocycles. The molecule has 0 bridgehead atoms. The van der Waals surface area contributed by atoms with Crippen LogP contribution in [-0.4, -0.2) is 68.6 Å². The number of furan rings is 1. The molecule has 0 aliphatic carbocycles. The second kappa shape index (κ2) is 9.59. The van der Waals surface area contributed by atoms with E-state index in [1.807, 2.05) is 42.3 Å². The molecular weight excluding hydrogens is 356 g/mol. The van der Waals surface area contributed by atoms with Gasteiger partial charge in [0.2, 0.25) is 5.91 Å². The van der Waals surface area contributed by atoms with Gasteiger partial charge >= 0.3 is 0 Å². The fraction of sp³-hybridized carbons (Fsp3) is 0.524. The van der Waals surface area contributed by atoms with E-state index in [4.69, 9.17) is 9.15 Å². The molecule has 2 heterocycles. The highest BCUT2D eigenvalue weighted by Gasteiger charge is 2.17. The highest BCUT2D eigenvalue weighted by atomic mass is 16.5. The van der Waals surface area contributed by atoms with Gasteiger partial charge in [-0.05, 0) is 31.4 Å². The largest absolute Gasteiger partial charge is 0.459 e. The Morgan fingerprint density at radius 2 is 2.07 bits per heavy atom. The quantitative estimate of drug-likeness (QED) is 0.610. The van der Waals surface area contributed by atoms with Crippen LogP contribution in [0.3, 0.4) is 0 Å². The van der Waals surface area contributed by atoms with Crippen molar-refractivity contribution in [3.05, 3.63) is 36.1 Å². The number of hydrogen-bond acceptors (Lipinski definition) is 4. The van der Waals surface area contributed by atoms with Gasteiger partial charge in [0.25, 0.3) is 0 Å². The van der Waals surface area contributed by atoms with Gasteiger partial charge in [0.05, 0.1) is 12.6 Å². The maximum atomic E-state index is 12.0. The van der Waals surface area contributed by atoms with Crippen LogP contribution in [0.4, 0.5) is 0 Å². The number of fused-ring (bicyclic) bond motifs is 1. The van der Waals surface area contributed by atoms with E-state index in [1.165, 1.54) is 6.42 Å². The van der Waals surface area contributed by atoms with Gasteiger partial charge in [0, 0.05) is 39.7 Å². The van der Waals surface area contributed by atoms with Crippen LogP contribution in [0.15, 0.2) is 39.7 Å². The third-order valence-electron chi connectivity index (χ3n) is 4.86. The van der Waals surface area contributed by atoms with Crippen LogP contribution in [0, 0.1) is 0 Å². The molecular formula is C21H30N4O3. The second-order valence-electron chi connectivity index (χ2n) is 7.40. The van der Waals surface area contributed by atoms with E-state index in [9.17, 15) is 4.79 Å². The summed E-state index contributed by atoms with van der Waals surface area (Å²) in [4.78, 5) is 20.0. The van der Waals surface area contributed by atoms with E-state index in [0.29, 0.717) is 19.0 Å². The molecule has 7 heteroatoms. The molecule has 2 aromatic rings. The molecule has 28 heavy (non-hydrogen) atoms. The minimum atomic E-state index is -0.0367. The van der Waals surface area contributed by atoms with Crippen LogP contribution in [-0.2, 0) is 16.1 Å². The Morgan fingerprint density at radius 1 is 1.25 bits per heavy atom. The number of ether oxygens (including phenoxy) is 1. The van der Waals surface area contributed by atoms with Gasteiger partial charge in [-0.2, -0.15) is 0 Å². The lowest BCUT2D eigenvalue weighted by Gasteiger charge is -2.26. The molecule has 3 rings (SSSR count). The van der Waals surface area contributed by atoms with E-state index in [-0.39, 0.29) is 18.6 Å². The summed E-state index contributed by atoms with van der Waals surface area (Å²) in [6.07, 6.45) is 3.54. The Labute approximate surface area is 166 Å². The minimum Gasteiger partial charge on any atom is -0.459 e. The number of amides is 1. The van der Waals surface area contributed by atoms with Gasteiger partial charge in [-0.1, -0.05) is 18.2 Å². The van der Waals surface area contributed by atoms with Crippen LogP contribution in [0.5, 0.6) is 0 Å². The number of carbonyl (C=O) groups is 1. The number of carbonyl (C=O) groups excluding carboxylic acids is 1. The van der Waals surface area contributed by atoms with Gasteiger partial charge < -0.3 is 24.3 Å². The fourth-order valence-electron chi connectivity index (χ4n) is 3.19. The van der Waals surface area contributed by atoms with Crippen LogP contribution >= 0.6 is 0 Å². The third-order valence-corrected chi connectivity index (χ3v) is 4.86. The van der Waals surface area contributed by atoms with E-state index in [0.717, 1.165) is 36.2 Å². The number of para-hydroxylation sites is 1. The normalized spacial score (nSPS) is 17.5. The molecule has 1 saturated heterocycles. The molecule has 1 unspecified atom stereocenters. The second-order valence-corrected chi connectivity index (χ2v) is 7.40. The topological polar surface area (TPSA) is 70.3 Å². The number of nitrogens with zero attached hydrogens (tertiary/aromatic N) is 3. The lowest BCUT2D eigenvalue weighted by molar-refractivity contribution is -0.127. The van der Waals surface area contributed by atoms with Gasteiger partial charge in [0.1, 0.15) is 17.9 Å². The first kappa shape index (κ1) is 20.2. The molecule has 7 nitrogen and oxygen atoms in total. The molecule has 1 aliphatic heterocycles. The summed E-state index contributed by atoms with van der Waals surface area (Å²) in [5.41, 5.74) is 0.871. The van der Waals surface area contributed by atoms with Crippen molar-refractivity contribution in [3.63, 3.8) is 0 Å². The van der Waals surface area contributed by atoms with Gasteiger partial charge in [0.15, 0.2) is 5.96 Å². The van der Waals surface area contributed by atoms with Crippen molar-refractivity contribution in [1.82, 2.24) is 15.1 Å². The summed E-state index contributed by atoms with van der Waals surface area (Å²) in [6, 6.07) is 9.99. The summed E-state index contributed by atoms with van der Waals surface area (Å²) >= 11 is 0. The van der Waals surface area contributed by atoms with Crippen molar-refractivity contribution in [2.45, 2.75) is 31.9 Å². The first-order valence-corrected chi connectivity index (χ1v) is 9.81. The first-order chi connectivity index (χ1) is 13.5. The Balaban J connectivity index is 1.67. The molecule has 1 aromatic heterocycles. The zero-order valence-corrected chi connectivity index (χ0v) is 17.0. The Kier molecular flexibility index (Phi) is 6.92. The van der Waals surface area contributed by atoms with Crippen molar-refractivity contribution >= 4 is 22.8 Å². The number of rotatable bonds is 6. The summed E-state index contributed by atoms with van der Waals surface area (Å²) < 4.78 is 11.7. The van der Waals surface area contributed by atoms with Crippen LogP contribution < -0.4 is 5.32 Å². The molecule has 152 valence electrons. The molecule has 1 atom stereocenters. The van der Waals surface area contributed by atoms with E-state index < -0.39 is 0 Å². The number of benzene rings is 1. The van der Waals surface area contributed by atoms with E-state index in [1.54, 1.807) is 19.0 Å². The smallest absolute Gasteiger partial charge is 0.243 e. The number of aliphatic imine (C=N–C) groups is 1. The predicted molar refractivity (Wildman–Crippen MR) is 110 cm³/mol. The SMILES string of the molecule is CN(C)C(=O)CN=C(NCC1CCCCO1)N(C)Cc1cc2ccccc2o1. The van der Waals surface area contributed by atoms with Crippen molar-refractivity contribution in [2.24, 2.45) is 4.99 Å². The van der Waals surface area contributed by atoms with Gasteiger partial charge in [-0.3, -0.25) is 4.79 Å². The maximum absolute atomic E-state index is 12.0. The zero-order chi connectivity index (χ0) is 19.9. The molecule has 1 amide bonds. The highest BCUT2D eigenvalue weighted by Crippen LogP contribution is 2.19. The zero-order valence-electron chi connectivity index (χ0n) is 17.0. The molecule has 0 spiro atoms. The lowest BCUT2D eigenvalue weighted by Crippen LogP contribution is -2.43. The molecule has 0 radical (unpaired) electrons. The first-order valence-electron chi connectivity index (χ1n) is 9.81. The standard InChI is InChI=1S/C21H30N4O3/c1-24(2)20(26)14-23-21(22-13-17-9-6-7-11-27-17)25(3)15-18-12-16-8-4-5-10-19(16)28-18/h4-5,8,10,12,17H,6-7,9,11,13-15H2,1-3H3,(H,22,23). The fourth-order valence-corrected chi connectivity index (χ4v) is 3.19. The van der Waals surface area contributed by atoms with Gasteiger partial charge in [-0.15, -0.1) is 0 Å². The van der Waals surface area contributed by atoms with Crippen molar-refractivity contribution < 1.29 is 13.9 Å². The van der Waals surface area contributed by atoms with Crippen molar-refractivity contribution in [1.29, 1.82) is 0 Å². The maximum Gasteiger partial charge on any atom is 0.243 e. The summed E-state index contributed by atoms with van der Waals surface area (Å²) in [5, 5.41) is 4.46. The number of hydrogen-bond donors (Lipinski definition) is 1. The van der Waals surface area contributed by atoms with Crippen LogP contribution in [0.25, 0.3) is 11.0 Å². The molecule has 1 aliphatic rings. The van der Waals surface area contributed by atoms with Crippen molar-refractivity contribution in [3.8, 4) is 0 Å². The summed E-state index contributed by atoms with van der Waals surface area (Å²) in [6.45, 7) is 2.15. The van der Waals surface area contributed by atoms with Crippen LogP contribution in [0.1, 0.15) is 25.0 Å². The molecule has 1 fully saturated rings. The molecule has 1 N–H and O–H groups in total. The van der Waals surface area contributed by atoms with Crippen LogP contribution in [0.2, 0.25) is 0 Å². The predicted octanol–water partition coefficient (Wildman–Crippen LogP) is 2.47. The lowest BCUT2D eigenvalue weighted by atomic mass is 10.1. The monoisotopic (exact) mass is 386 g/mol. The Hall–Kier alpha value is -2.54. The minimum absolute atomic E-state index is 0.0367. The Bertz CT molecular complexity index is 776. The average Bonchev–Trinajstić information content (AvgIpc) is 3.10. The van der Waals surface area contributed by atoms with Gasteiger partial charge in [-0.25, -0.2) is 4.99 Å².